The lowest BCUT2D eigenvalue weighted by atomic mass is 10.00. The zero-order valence-corrected chi connectivity index (χ0v) is 15.4. The SMILES string of the molecule is Cc1ccc(CCC(=O)N2CCCC(N3CCNCC3=O)C2)c(C)c1. The third-order valence-corrected chi connectivity index (χ3v) is 5.42. The van der Waals surface area contributed by atoms with Gasteiger partial charge in [0.05, 0.1) is 6.54 Å². The van der Waals surface area contributed by atoms with Gasteiger partial charge in [0, 0.05) is 38.6 Å². The Hall–Kier alpha value is -1.88. The highest BCUT2D eigenvalue weighted by molar-refractivity contribution is 5.80. The van der Waals surface area contributed by atoms with Crippen LogP contribution in [0.3, 0.4) is 0 Å². The number of carbonyl (C=O) groups is 2. The molecule has 2 amide bonds. The highest BCUT2D eigenvalue weighted by Crippen LogP contribution is 2.19. The number of piperidine rings is 1. The fraction of sp³-hybridized carbons (Fsp3) is 0.600. The molecule has 0 aromatic heterocycles. The minimum atomic E-state index is 0.167. The molecule has 1 N–H and O–H groups in total. The fourth-order valence-electron chi connectivity index (χ4n) is 3.97. The molecular formula is C20H29N3O2. The Balaban J connectivity index is 1.55. The first kappa shape index (κ1) is 17.9. The molecule has 2 fully saturated rings. The molecule has 0 saturated carbocycles. The van der Waals surface area contributed by atoms with Crippen molar-refractivity contribution in [3.8, 4) is 0 Å². The molecule has 1 unspecified atom stereocenters. The lowest BCUT2D eigenvalue weighted by molar-refractivity contribution is -0.140. The average molecular weight is 343 g/mol. The number of nitrogens with zero attached hydrogens (tertiary/aromatic N) is 2. The molecule has 1 aromatic rings. The molecule has 0 spiro atoms. The predicted octanol–water partition coefficient (Wildman–Crippen LogP) is 1.66. The monoisotopic (exact) mass is 343 g/mol. The first-order valence-corrected chi connectivity index (χ1v) is 9.38. The number of piperazine rings is 1. The van der Waals surface area contributed by atoms with Crippen molar-refractivity contribution < 1.29 is 9.59 Å². The maximum absolute atomic E-state index is 12.7. The summed E-state index contributed by atoms with van der Waals surface area (Å²) in [6, 6.07) is 6.61. The number of benzene rings is 1. The van der Waals surface area contributed by atoms with Crippen molar-refractivity contribution >= 4 is 11.8 Å². The Bertz CT molecular complexity index is 644. The number of likely N-dealkylation sites (tertiary alicyclic amines) is 1. The van der Waals surface area contributed by atoms with Crippen molar-refractivity contribution in [2.45, 2.75) is 45.6 Å². The van der Waals surface area contributed by atoms with Crippen LogP contribution in [0.2, 0.25) is 0 Å². The van der Waals surface area contributed by atoms with E-state index in [1.165, 1.54) is 16.7 Å². The largest absolute Gasteiger partial charge is 0.341 e. The van der Waals surface area contributed by atoms with Crippen LogP contribution in [0, 0.1) is 13.8 Å². The van der Waals surface area contributed by atoms with E-state index in [4.69, 9.17) is 0 Å². The second-order valence-electron chi connectivity index (χ2n) is 7.33. The van der Waals surface area contributed by atoms with Crippen molar-refractivity contribution in [3.63, 3.8) is 0 Å². The van der Waals surface area contributed by atoms with Crippen molar-refractivity contribution in [3.05, 3.63) is 34.9 Å². The van der Waals surface area contributed by atoms with E-state index >= 15 is 0 Å². The standard InChI is InChI=1S/C20H29N3O2/c1-15-5-6-17(16(2)12-15)7-8-19(24)22-10-3-4-18(14-22)23-11-9-21-13-20(23)25/h5-6,12,18,21H,3-4,7-11,13-14H2,1-2H3. The number of hydrogen-bond acceptors (Lipinski definition) is 3. The Morgan fingerprint density at radius 3 is 2.88 bits per heavy atom. The van der Waals surface area contributed by atoms with E-state index in [0.29, 0.717) is 19.5 Å². The summed E-state index contributed by atoms with van der Waals surface area (Å²) in [5, 5.41) is 3.11. The van der Waals surface area contributed by atoms with Gasteiger partial charge in [-0.15, -0.1) is 0 Å². The number of aryl methyl sites for hydroxylation is 3. The van der Waals surface area contributed by atoms with Crippen LogP contribution in [0.5, 0.6) is 0 Å². The van der Waals surface area contributed by atoms with Crippen LogP contribution in [0.1, 0.15) is 36.0 Å². The number of carbonyl (C=O) groups excluding carboxylic acids is 2. The molecule has 25 heavy (non-hydrogen) atoms. The molecule has 0 bridgehead atoms. The molecule has 2 aliphatic heterocycles. The van der Waals surface area contributed by atoms with Gasteiger partial charge in [0.1, 0.15) is 0 Å². The number of nitrogens with one attached hydrogen (secondary N) is 1. The molecule has 3 rings (SSSR count). The molecule has 136 valence electrons. The molecule has 1 aromatic carbocycles. The summed E-state index contributed by atoms with van der Waals surface area (Å²) in [7, 11) is 0. The van der Waals surface area contributed by atoms with Gasteiger partial charge in [-0.05, 0) is 44.2 Å². The Morgan fingerprint density at radius 1 is 1.28 bits per heavy atom. The van der Waals surface area contributed by atoms with Gasteiger partial charge in [-0.3, -0.25) is 9.59 Å². The van der Waals surface area contributed by atoms with Gasteiger partial charge < -0.3 is 15.1 Å². The number of rotatable bonds is 4. The molecule has 2 saturated heterocycles. The first-order valence-electron chi connectivity index (χ1n) is 9.38. The van der Waals surface area contributed by atoms with E-state index in [1.54, 1.807) is 0 Å². The normalized spacial score (nSPS) is 21.5. The molecule has 1 atom stereocenters. The maximum Gasteiger partial charge on any atom is 0.236 e. The van der Waals surface area contributed by atoms with Gasteiger partial charge in [-0.2, -0.15) is 0 Å². The molecule has 5 nitrogen and oxygen atoms in total. The smallest absolute Gasteiger partial charge is 0.236 e. The van der Waals surface area contributed by atoms with Crippen LogP contribution < -0.4 is 5.32 Å². The second-order valence-corrected chi connectivity index (χ2v) is 7.33. The topological polar surface area (TPSA) is 52.7 Å². The summed E-state index contributed by atoms with van der Waals surface area (Å²) in [5.74, 6) is 0.382. The lowest BCUT2D eigenvalue weighted by Crippen LogP contribution is -2.57. The van der Waals surface area contributed by atoms with Crippen LogP contribution in [0.15, 0.2) is 18.2 Å². The van der Waals surface area contributed by atoms with Crippen molar-refractivity contribution in [2.75, 3.05) is 32.7 Å². The van der Waals surface area contributed by atoms with Crippen molar-refractivity contribution in [2.24, 2.45) is 0 Å². The highest BCUT2D eigenvalue weighted by Gasteiger charge is 2.31. The Kier molecular flexibility index (Phi) is 5.74. The molecule has 2 aliphatic rings. The average Bonchev–Trinajstić information content (AvgIpc) is 2.61. The van der Waals surface area contributed by atoms with Crippen LogP contribution >= 0.6 is 0 Å². The zero-order valence-electron chi connectivity index (χ0n) is 15.4. The summed E-state index contributed by atoms with van der Waals surface area (Å²) >= 11 is 0. The number of amides is 2. The maximum atomic E-state index is 12.7. The van der Waals surface area contributed by atoms with Gasteiger partial charge in [0.15, 0.2) is 0 Å². The van der Waals surface area contributed by atoms with Crippen LogP contribution in [-0.2, 0) is 16.0 Å². The predicted molar refractivity (Wildman–Crippen MR) is 98.4 cm³/mol. The fourth-order valence-corrected chi connectivity index (χ4v) is 3.97. The van der Waals surface area contributed by atoms with E-state index in [1.807, 2.05) is 9.80 Å². The molecule has 2 heterocycles. The van der Waals surface area contributed by atoms with Crippen molar-refractivity contribution in [1.29, 1.82) is 0 Å². The van der Waals surface area contributed by atoms with Gasteiger partial charge in [-0.1, -0.05) is 23.8 Å². The Morgan fingerprint density at radius 2 is 2.12 bits per heavy atom. The summed E-state index contributed by atoms with van der Waals surface area (Å²) < 4.78 is 0. The first-order chi connectivity index (χ1) is 12.0. The zero-order chi connectivity index (χ0) is 17.8. The van der Waals surface area contributed by atoms with E-state index in [2.05, 4.69) is 37.4 Å². The van der Waals surface area contributed by atoms with Crippen LogP contribution in [0.25, 0.3) is 0 Å². The molecular weight excluding hydrogens is 314 g/mol. The van der Waals surface area contributed by atoms with Gasteiger partial charge in [0.2, 0.25) is 11.8 Å². The second kappa shape index (κ2) is 8.00. The molecule has 0 aliphatic carbocycles. The summed E-state index contributed by atoms with van der Waals surface area (Å²) in [6.45, 7) is 7.75. The minimum absolute atomic E-state index is 0.167. The molecule has 0 radical (unpaired) electrons. The summed E-state index contributed by atoms with van der Waals surface area (Å²) in [5.41, 5.74) is 3.77. The minimum Gasteiger partial charge on any atom is -0.341 e. The van der Waals surface area contributed by atoms with E-state index in [-0.39, 0.29) is 17.9 Å². The van der Waals surface area contributed by atoms with Crippen LogP contribution in [0.4, 0.5) is 0 Å². The third kappa shape index (κ3) is 4.40. The third-order valence-electron chi connectivity index (χ3n) is 5.42. The van der Waals surface area contributed by atoms with Gasteiger partial charge in [0.25, 0.3) is 0 Å². The van der Waals surface area contributed by atoms with E-state index in [9.17, 15) is 9.59 Å². The quantitative estimate of drug-likeness (QED) is 0.905. The van der Waals surface area contributed by atoms with Crippen LogP contribution in [-0.4, -0.2) is 60.4 Å². The number of hydrogen-bond donors (Lipinski definition) is 1. The van der Waals surface area contributed by atoms with Crippen molar-refractivity contribution in [1.82, 2.24) is 15.1 Å². The van der Waals surface area contributed by atoms with Gasteiger partial charge >= 0.3 is 0 Å². The van der Waals surface area contributed by atoms with Gasteiger partial charge in [-0.25, -0.2) is 0 Å². The highest BCUT2D eigenvalue weighted by atomic mass is 16.2. The summed E-state index contributed by atoms with van der Waals surface area (Å²) in [6.07, 6.45) is 3.33. The van der Waals surface area contributed by atoms with E-state index in [0.717, 1.165) is 38.9 Å². The van der Waals surface area contributed by atoms with E-state index < -0.39 is 0 Å². The molecule has 5 heteroatoms. The Labute approximate surface area is 150 Å². The summed E-state index contributed by atoms with van der Waals surface area (Å²) in [4.78, 5) is 28.7. The lowest BCUT2D eigenvalue weighted by Gasteiger charge is -2.41.